The number of aromatic nitrogens is 2. The summed E-state index contributed by atoms with van der Waals surface area (Å²) in [5.74, 6) is 1.21. The molecule has 0 saturated carbocycles. The smallest absolute Gasteiger partial charge is 0.274 e. The van der Waals surface area contributed by atoms with Crippen LogP contribution in [-0.4, -0.2) is 46.5 Å². The van der Waals surface area contributed by atoms with Crippen LogP contribution in [0.4, 0.5) is 0 Å². The second kappa shape index (κ2) is 4.07. The summed E-state index contributed by atoms with van der Waals surface area (Å²) >= 11 is 0. The van der Waals surface area contributed by atoms with E-state index in [4.69, 9.17) is 0 Å². The zero-order valence-corrected chi connectivity index (χ0v) is 9.84. The number of nitrogens with one attached hydrogen (secondary N) is 1. The highest BCUT2D eigenvalue weighted by molar-refractivity contribution is 5.92. The van der Waals surface area contributed by atoms with Crippen molar-refractivity contribution in [3.8, 4) is 0 Å². The number of amides is 1. The molecular weight excluding hydrogens is 216 g/mol. The van der Waals surface area contributed by atoms with Crippen LogP contribution in [0.5, 0.6) is 0 Å². The molecule has 1 N–H and O–H groups in total. The fourth-order valence-electron chi connectivity index (χ4n) is 2.99. The monoisotopic (exact) mass is 232 g/mol. The fraction of sp³-hybridized carbons (Fsp3) is 0.583. The topological polar surface area (TPSA) is 58.1 Å². The lowest BCUT2D eigenvalue weighted by Crippen LogP contribution is -2.38. The highest BCUT2D eigenvalue weighted by atomic mass is 16.2. The van der Waals surface area contributed by atoms with Crippen molar-refractivity contribution in [3.63, 3.8) is 0 Å². The van der Waals surface area contributed by atoms with Gasteiger partial charge in [0.1, 0.15) is 5.69 Å². The van der Waals surface area contributed by atoms with Crippen molar-refractivity contribution in [2.24, 2.45) is 11.8 Å². The fourth-order valence-corrected chi connectivity index (χ4v) is 2.99. The Hall–Kier alpha value is -1.49. The maximum absolute atomic E-state index is 12.3. The van der Waals surface area contributed by atoms with Gasteiger partial charge >= 0.3 is 0 Å². The average Bonchev–Trinajstić information content (AvgIpc) is 2.93. The van der Waals surface area contributed by atoms with Crippen molar-refractivity contribution >= 4 is 5.91 Å². The van der Waals surface area contributed by atoms with Gasteiger partial charge in [-0.3, -0.25) is 9.78 Å². The number of likely N-dealkylation sites (tertiary alicyclic amines) is 1. The minimum atomic E-state index is 0.0139. The predicted molar refractivity (Wildman–Crippen MR) is 62.4 cm³/mol. The van der Waals surface area contributed by atoms with E-state index in [0.717, 1.165) is 19.6 Å². The highest BCUT2D eigenvalue weighted by Gasteiger charge is 2.44. The molecular formula is C12H16N4O. The molecule has 1 aromatic rings. The lowest BCUT2D eigenvalue weighted by molar-refractivity contribution is 0.0722. The first-order chi connectivity index (χ1) is 8.27. The summed E-state index contributed by atoms with van der Waals surface area (Å²) in [4.78, 5) is 22.3. The Kier molecular flexibility index (Phi) is 2.55. The van der Waals surface area contributed by atoms with Crippen molar-refractivity contribution in [2.45, 2.75) is 13.0 Å². The largest absolute Gasteiger partial charge is 0.334 e. The van der Waals surface area contributed by atoms with E-state index in [0.29, 0.717) is 23.6 Å². The first kappa shape index (κ1) is 10.7. The molecule has 0 aromatic carbocycles. The first-order valence-electron chi connectivity index (χ1n) is 6.05. The Morgan fingerprint density at radius 1 is 1.47 bits per heavy atom. The molecule has 2 aliphatic heterocycles. The van der Waals surface area contributed by atoms with E-state index in [1.165, 1.54) is 0 Å². The predicted octanol–water partition coefficient (Wildman–Crippen LogP) is 0.156. The van der Waals surface area contributed by atoms with Gasteiger partial charge in [0, 0.05) is 38.1 Å². The van der Waals surface area contributed by atoms with Crippen molar-refractivity contribution in [1.29, 1.82) is 0 Å². The van der Waals surface area contributed by atoms with Gasteiger partial charge in [0.2, 0.25) is 0 Å². The molecule has 1 aromatic heterocycles. The summed E-state index contributed by atoms with van der Waals surface area (Å²) in [5, 5.41) is 3.39. The van der Waals surface area contributed by atoms with Crippen molar-refractivity contribution < 1.29 is 4.79 Å². The van der Waals surface area contributed by atoms with Gasteiger partial charge < -0.3 is 10.2 Å². The number of rotatable bonds is 1. The summed E-state index contributed by atoms with van der Waals surface area (Å²) in [6, 6.07) is 0.296. The zero-order chi connectivity index (χ0) is 11.8. The molecule has 2 fully saturated rings. The number of carbonyl (C=O) groups is 1. The highest BCUT2D eigenvalue weighted by Crippen LogP contribution is 2.32. The standard InChI is InChI=1S/C12H16N4O/c1-8-10-5-14-4-9(10)7-16(8)12(17)11-6-13-2-3-15-11/h2-3,6,8-10,14H,4-5,7H2,1H3. The van der Waals surface area contributed by atoms with Crippen LogP contribution >= 0.6 is 0 Å². The maximum Gasteiger partial charge on any atom is 0.274 e. The number of fused-ring (bicyclic) bond motifs is 1. The minimum absolute atomic E-state index is 0.0139. The second-order valence-electron chi connectivity index (χ2n) is 4.87. The van der Waals surface area contributed by atoms with Crippen LogP contribution < -0.4 is 5.32 Å². The molecule has 0 spiro atoms. The van der Waals surface area contributed by atoms with Crippen LogP contribution in [0, 0.1) is 11.8 Å². The lowest BCUT2D eigenvalue weighted by Gasteiger charge is -2.23. The second-order valence-corrected chi connectivity index (χ2v) is 4.87. The average molecular weight is 232 g/mol. The summed E-state index contributed by atoms with van der Waals surface area (Å²) in [7, 11) is 0. The van der Waals surface area contributed by atoms with Gasteiger partial charge in [-0.25, -0.2) is 4.98 Å². The SMILES string of the molecule is CC1C2CNCC2CN1C(=O)c1cnccn1. The minimum Gasteiger partial charge on any atom is -0.334 e. The molecule has 2 saturated heterocycles. The molecule has 5 heteroatoms. The number of nitrogens with zero attached hydrogens (tertiary/aromatic N) is 3. The van der Waals surface area contributed by atoms with E-state index < -0.39 is 0 Å². The van der Waals surface area contributed by atoms with Gasteiger partial charge in [-0.05, 0) is 18.8 Å². The third-order valence-corrected chi connectivity index (χ3v) is 3.98. The Morgan fingerprint density at radius 2 is 2.35 bits per heavy atom. The Morgan fingerprint density at radius 3 is 3.06 bits per heavy atom. The van der Waals surface area contributed by atoms with Gasteiger partial charge in [0.15, 0.2) is 0 Å². The normalized spacial score (nSPS) is 31.6. The van der Waals surface area contributed by atoms with Crippen LogP contribution in [0.2, 0.25) is 0 Å². The maximum atomic E-state index is 12.3. The van der Waals surface area contributed by atoms with E-state index >= 15 is 0 Å². The Bertz CT molecular complexity index is 422. The van der Waals surface area contributed by atoms with Gasteiger partial charge in [-0.2, -0.15) is 0 Å². The molecule has 17 heavy (non-hydrogen) atoms. The molecule has 5 nitrogen and oxygen atoms in total. The van der Waals surface area contributed by atoms with Crippen LogP contribution in [0.15, 0.2) is 18.6 Å². The molecule has 2 aliphatic rings. The summed E-state index contributed by atoms with van der Waals surface area (Å²) in [5.41, 5.74) is 0.451. The summed E-state index contributed by atoms with van der Waals surface area (Å²) in [6.45, 7) is 5.02. The molecule has 3 unspecified atom stereocenters. The number of carbonyl (C=O) groups excluding carboxylic acids is 1. The quantitative estimate of drug-likeness (QED) is 0.749. The molecule has 3 atom stereocenters. The number of hydrogen-bond donors (Lipinski definition) is 1. The van der Waals surface area contributed by atoms with Crippen molar-refractivity contribution in [1.82, 2.24) is 20.2 Å². The zero-order valence-electron chi connectivity index (χ0n) is 9.84. The van der Waals surface area contributed by atoms with E-state index in [9.17, 15) is 4.79 Å². The first-order valence-corrected chi connectivity index (χ1v) is 6.05. The van der Waals surface area contributed by atoms with Crippen molar-refractivity contribution in [3.05, 3.63) is 24.3 Å². The Balaban J connectivity index is 1.80. The molecule has 0 radical (unpaired) electrons. The van der Waals surface area contributed by atoms with Crippen molar-refractivity contribution in [2.75, 3.05) is 19.6 Å². The van der Waals surface area contributed by atoms with Crippen LogP contribution in [-0.2, 0) is 0 Å². The van der Waals surface area contributed by atoms with Gasteiger partial charge in [-0.1, -0.05) is 0 Å². The van der Waals surface area contributed by atoms with E-state index in [1.807, 2.05) is 4.90 Å². The molecule has 3 rings (SSSR count). The lowest BCUT2D eigenvalue weighted by atomic mass is 9.95. The van der Waals surface area contributed by atoms with E-state index in [2.05, 4.69) is 22.2 Å². The van der Waals surface area contributed by atoms with Crippen LogP contribution in [0.25, 0.3) is 0 Å². The third kappa shape index (κ3) is 1.70. The van der Waals surface area contributed by atoms with E-state index in [1.54, 1.807) is 18.6 Å². The van der Waals surface area contributed by atoms with Gasteiger partial charge in [0.25, 0.3) is 5.91 Å². The van der Waals surface area contributed by atoms with Gasteiger partial charge in [-0.15, -0.1) is 0 Å². The van der Waals surface area contributed by atoms with E-state index in [-0.39, 0.29) is 5.91 Å². The molecule has 0 bridgehead atoms. The molecule has 0 aliphatic carbocycles. The molecule has 1 amide bonds. The summed E-state index contributed by atoms with van der Waals surface area (Å²) < 4.78 is 0. The molecule has 90 valence electrons. The Labute approximate surface area is 100 Å². The van der Waals surface area contributed by atoms with Crippen LogP contribution in [0.1, 0.15) is 17.4 Å². The molecule has 3 heterocycles. The van der Waals surface area contributed by atoms with Gasteiger partial charge in [0.05, 0.1) is 6.20 Å². The number of hydrogen-bond acceptors (Lipinski definition) is 4. The van der Waals surface area contributed by atoms with Crippen LogP contribution in [0.3, 0.4) is 0 Å². The third-order valence-electron chi connectivity index (χ3n) is 3.98. The summed E-state index contributed by atoms with van der Waals surface area (Å²) in [6.07, 6.45) is 4.70.